The van der Waals surface area contributed by atoms with E-state index in [0.717, 1.165) is 0 Å². The Hall–Kier alpha value is -3.42. The largest absolute Gasteiger partial charge is 0.497 e. The van der Waals surface area contributed by atoms with Crippen LogP contribution < -0.4 is 15.0 Å². The van der Waals surface area contributed by atoms with Gasteiger partial charge in [-0.15, -0.1) is 0 Å². The van der Waals surface area contributed by atoms with Gasteiger partial charge in [-0.25, -0.2) is 9.69 Å². The van der Waals surface area contributed by atoms with Crippen molar-refractivity contribution in [3.63, 3.8) is 0 Å². The van der Waals surface area contributed by atoms with Crippen LogP contribution in [0.4, 0.5) is 10.5 Å². The summed E-state index contributed by atoms with van der Waals surface area (Å²) in [6.07, 6.45) is 4.10. The van der Waals surface area contributed by atoms with E-state index in [1.807, 2.05) is 0 Å². The van der Waals surface area contributed by atoms with Gasteiger partial charge in [-0.05, 0) is 37.1 Å². The van der Waals surface area contributed by atoms with Crippen molar-refractivity contribution in [1.29, 1.82) is 0 Å². The zero-order chi connectivity index (χ0) is 19.7. The van der Waals surface area contributed by atoms with Gasteiger partial charge in [0.05, 0.1) is 12.8 Å². The fourth-order valence-electron chi connectivity index (χ4n) is 3.69. The van der Waals surface area contributed by atoms with E-state index in [1.165, 1.54) is 12.0 Å². The van der Waals surface area contributed by atoms with E-state index in [1.54, 1.807) is 53.7 Å². The van der Waals surface area contributed by atoms with Gasteiger partial charge in [0.25, 0.3) is 11.8 Å². The third kappa shape index (κ3) is 3.17. The molecule has 1 aromatic carbocycles. The number of carbonyl (C=O) groups is 3. The van der Waals surface area contributed by atoms with Gasteiger partial charge < -0.3 is 15.0 Å². The van der Waals surface area contributed by atoms with Gasteiger partial charge in [0, 0.05) is 36.6 Å². The van der Waals surface area contributed by atoms with Gasteiger partial charge in [0.2, 0.25) is 0 Å². The number of pyridine rings is 1. The minimum Gasteiger partial charge on any atom is -0.497 e. The van der Waals surface area contributed by atoms with Crippen molar-refractivity contribution >= 4 is 23.5 Å². The van der Waals surface area contributed by atoms with Crippen molar-refractivity contribution in [3.05, 3.63) is 54.4 Å². The monoisotopic (exact) mass is 380 g/mol. The lowest BCUT2D eigenvalue weighted by Crippen LogP contribution is -2.49. The Labute approximate surface area is 162 Å². The minimum atomic E-state index is -0.574. The quantitative estimate of drug-likeness (QED) is 0.817. The van der Waals surface area contributed by atoms with Crippen molar-refractivity contribution in [2.45, 2.75) is 24.9 Å². The van der Waals surface area contributed by atoms with E-state index >= 15 is 0 Å². The lowest BCUT2D eigenvalue weighted by molar-refractivity contribution is -0.120. The average molecular weight is 380 g/mol. The van der Waals surface area contributed by atoms with Crippen LogP contribution in [0.15, 0.2) is 48.8 Å². The number of hydrogen-bond donors (Lipinski definition) is 1. The maximum atomic E-state index is 13.0. The molecule has 8 heteroatoms. The molecule has 4 amide bonds. The van der Waals surface area contributed by atoms with Crippen LogP contribution in [-0.4, -0.2) is 53.5 Å². The highest BCUT2D eigenvalue weighted by Crippen LogP contribution is 2.32. The molecule has 28 heavy (non-hydrogen) atoms. The Morgan fingerprint density at radius 1 is 1.21 bits per heavy atom. The molecule has 2 aromatic rings. The first kappa shape index (κ1) is 18.0. The second kappa shape index (κ2) is 7.30. The number of hydrogen-bond acceptors (Lipinski definition) is 5. The number of methoxy groups -OCH3 is 1. The van der Waals surface area contributed by atoms with E-state index < -0.39 is 6.04 Å². The van der Waals surface area contributed by atoms with Gasteiger partial charge in [0.15, 0.2) is 0 Å². The summed E-state index contributed by atoms with van der Waals surface area (Å²) in [6.45, 7) is 0.414. The second-order valence-electron chi connectivity index (χ2n) is 6.80. The normalized spacial score (nSPS) is 21.5. The molecule has 2 aliphatic rings. The highest BCUT2D eigenvalue weighted by atomic mass is 16.5. The molecule has 1 aromatic heterocycles. The zero-order valence-corrected chi connectivity index (χ0v) is 15.4. The summed E-state index contributed by atoms with van der Waals surface area (Å²) >= 11 is 0. The zero-order valence-electron chi connectivity index (χ0n) is 15.4. The number of amides is 4. The van der Waals surface area contributed by atoms with E-state index in [0.29, 0.717) is 36.4 Å². The molecule has 8 nitrogen and oxygen atoms in total. The molecular formula is C20H20N4O4. The number of nitrogens with one attached hydrogen (secondary N) is 1. The fraction of sp³-hybridized carbons (Fsp3) is 0.300. The van der Waals surface area contributed by atoms with Gasteiger partial charge in [0.1, 0.15) is 11.8 Å². The maximum Gasteiger partial charge on any atom is 0.332 e. The molecule has 0 radical (unpaired) electrons. The van der Waals surface area contributed by atoms with E-state index in [-0.39, 0.29) is 23.9 Å². The number of piperidine rings is 1. The standard InChI is InChI=1S/C20H20N4O4/c1-28-16-4-2-3-15(12-16)24-19(26)17-11-14(7-10-23(17)20(24)27)22-18(25)13-5-8-21-9-6-13/h2-6,8-9,12,14,17H,7,10-11H2,1H3,(H,22,25). The SMILES string of the molecule is COc1cccc(N2C(=O)C3CC(NC(=O)c4ccncc4)CCN3C2=O)c1. The van der Waals surface area contributed by atoms with Crippen LogP contribution in [0, 0.1) is 0 Å². The number of anilines is 1. The molecule has 2 aliphatic heterocycles. The molecule has 2 atom stereocenters. The first-order valence-electron chi connectivity index (χ1n) is 9.08. The average Bonchev–Trinajstić information content (AvgIpc) is 2.98. The Kier molecular flexibility index (Phi) is 4.68. The Morgan fingerprint density at radius 2 is 2.00 bits per heavy atom. The van der Waals surface area contributed by atoms with Crippen LogP contribution in [0.5, 0.6) is 5.75 Å². The summed E-state index contributed by atoms with van der Waals surface area (Å²) in [5, 5.41) is 2.96. The molecule has 2 fully saturated rings. The van der Waals surface area contributed by atoms with Crippen LogP contribution in [-0.2, 0) is 4.79 Å². The molecule has 0 aliphatic carbocycles. The number of ether oxygens (including phenoxy) is 1. The number of carbonyl (C=O) groups excluding carboxylic acids is 3. The molecule has 0 spiro atoms. The lowest BCUT2D eigenvalue weighted by atomic mass is 9.97. The first-order valence-corrected chi connectivity index (χ1v) is 9.08. The Bertz CT molecular complexity index is 917. The van der Waals surface area contributed by atoms with Gasteiger partial charge in [-0.3, -0.25) is 14.6 Å². The summed E-state index contributed by atoms with van der Waals surface area (Å²) in [7, 11) is 1.53. The highest BCUT2D eigenvalue weighted by Gasteiger charge is 2.48. The first-order chi connectivity index (χ1) is 13.6. The van der Waals surface area contributed by atoms with Crippen LogP contribution in [0.2, 0.25) is 0 Å². The van der Waals surface area contributed by atoms with Crippen LogP contribution >= 0.6 is 0 Å². The number of nitrogens with zero attached hydrogens (tertiary/aromatic N) is 3. The summed E-state index contributed by atoms with van der Waals surface area (Å²) in [6, 6.07) is 9.06. The number of rotatable bonds is 4. The van der Waals surface area contributed by atoms with Gasteiger partial charge in [-0.1, -0.05) is 6.07 Å². The summed E-state index contributed by atoms with van der Waals surface area (Å²) < 4.78 is 5.19. The summed E-state index contributed by atoms with van der Waals surface area (Å²) in [4.78, 5) is 44.8. The van der Waals surface area contributed by atoms with Crippen molar-refractivity contribution in [2.24, 2.45) is 0 Å². The lowest BCUT2D eigenvalue weighted by Gasteiger charge is -2.32. The minimum absolute atomic E-state index is 0.177. The third-order valence-electron chi connectivity index (χ3n) is 5.13. The van der Waals surface area contributed by atoms with Gasteiger partial charge >= 0.3 is 6.03 Å². The molecule has 0 bridgehead atoms. The molecule has 2 unspecified atom stereocenters. The topological polar surface area (TPSA) is 91.8 Å². The number of benzene rings is 1. The van der Waals surface area contributed by atoms with Crippen LogP contribution in [0.3, 0.4) is 0 Å². The Balaban J connectivity index is 1.49. The van der Waals surface area contributed by atoms with Crippen LogP contribution in [0.25, 0.3) is 0 Å². The van der Waals surface area contributed by atoms with Crippen molar-refractivity contribution in [1.82, 2.24) is 15.2 Å². The molecular weight excluding hydrogens is 360 g/mol. The van der Waals surface area contributed by atoms with Crippen molar-refractivity contribution < 1.29 is 19.1 Å². The Morgan fingerprint density at radius 3 is 2.75 bits per heavy atom. The summed E-state index contributed by atoms with van der Waals surface area (Å²) in [5.74, 6) is 0.0915. The fourth-order valence-corrected chi connectivity index (χ4v) is 3.69. The van der Waals surface area contributed by atoms with Gasteiger partial charge in [-0.2, -0.15) is 0 Å². The number of imide groups is 1. The smallest absolute Gasteiger partial charge is 0.332 e. The number of urea groups is 1. The second-order valence-corrected chi connectivity index (χ2v) is 6.80. The van der Waals surface area contributed by atoms with Crippen LogP contribution in [0.1, 0.15) is 23.2 Å². The molecule has 2 saturated heterocycles. The maximum absolute atomic E-state index is 13.0. The highest BCUT2D eigenvalue weighted by molar-refractivity contribution is 6.21. The molecule has 3 heterocycles. The van der Waals surface area contributed by atoms with Crippen molar-refractivity contribution in [3.8, 4) is 5.75 Å². The van der Waals surface area contributed by atoms with E-state index in [2.05, 4.69) is 10.3 Å². The molecule has 4 rings (SSSR count). The van der Waals surface area contributed by atoms with E-state index in [9.17, 15) is 14.4 Å². The number of aromatic nitrogens is 1. The number of fused-ring (bicyclic) bond motifs is 1. The van der Waals surface area contributed by atoms with Crippen molar-refractivity contribution in [2.75, 3.05) is 18.6 Å². The molecule has 144 valence electrons. The molecule has 1 N–H and O–H groups in total. The van der Waals surface area contributed by atoms with E-state index in [4.69, 9.17) is 4.74 Å². The molecule has 0 saturated carbocycles. The predicted molar refractivity (Wildman–Crippen MR) is 101 cm³/mol. The predicted octanol–water partition coefficient (Wildman–Crippen LogP) is 1.82. The summed E-state index contributed by atoms with van der Waals surface area (Å²) in [5.41, 5.74) is 1.00. The third-order valence-corrected chi connectivity index (χ3v) is 5.13.